The summed E-state index contributed by atoms with van der Waals surface area (Å²) in [5.41, 5.74) is 0.710. The average Bonchev–Trinajstić information content (AvgIpc) is 2.60. The van der Waals surface area contributed by atoms with Gasteiger partial charge >= 0.3 is 5.97 Å². The van der Waals surface area contributed by atoms with E-state index in [1.54, 1.807) is 6.07 Å². The van der Waals surface area contributed by atoms with E-state index in [4.69, 9.17) is 5.11 Å². The quantitative estimate of drug-likeness (QED) is 0.823. The maximum atomic E-state index is 11.9. The number of hydrogen-bond acceptors (Lipinski definition) is 2. The van der Waals surface area contributed by atoms with Crippen LogP contribution >= 0.6 is 31.9 Å². The second-order valence-corrected chi connectivity index (χ2v) is 5.54. The van der Waals surface area contributed by atoms with Crippen LogP contribution in [-0.4, -0.2) is 23.5 Å². The van der Waals surface area contributed by atoms with Gasteiger partial charge in [-0.15, -0.1) is 0 Å². The first-order valence-electron chi connectivity index (χ1n) is 5.00. The summed E-state index contributed by atoms with van der Waals surface area (Å²) in [4.78, 5) is 24.3. The van der Waals surface area contributed by atoms with Gasteiger partial charge in [-0.05, 0) is 40.5 Å². The van der Waals surface area contributed by atoms with Gasteiger partial charge in [0.05, 0.1) is 5.69 Å². The molecular formula is C11H9Br2NO3. The van der Waals surface area contributed by atoms with Gasteiger partial charge in [0, 0.05) is 15.5 Å². The maximum absolute atomic E-state index is 11.9. The summed E-state index contributed by atoms with van der Waals surface area (Å²) in [7, 11) is 0. The molecule has 2 rings (SSSR count). The van der Waals surface area contributed by atoms with Crippen LogP contribution in [0.15, 0.2) is 27.1 Å². The molecule has 1 aliphatic heterocycles. The summed E-state index contributed by atoms with van der Waals surface area (Å²) in [6, 6.07) is 5.44. The third kappa shape index (κ3) is 2.37. The van der Waals surface area contributed by atoms with E-state index < -0.39 is 11.9 Å². The van der Waals surface area contributed by atoms with Crippen LogP contribution in [0.3, 0.4) is 0 Å². The first-order chi connectivity index (χ1) is 8.00. The summed E-state index contributed by atoms with van der Waals surface area (Å²) < 4.78 is 1.67. The fourth-order valence-electron chi connectivity index (χ4n) is 1.85. The molecule has 0 radical (unpaired) electrons. The number of halogens is 2. The standard InChI is InChI=1S/C11H9Br2NO3/c12-6-1-2-9(8(13)5-6)14-4-3-7(10(14)15)11(16)17/h1-2,5,7H,3-4H2,(H,16,17). The lowest BCUT2D eigenvalue weighted by atomic mass is 10.1. The largest absolute Gasteiger partial charge is 0.481 e. The molecule has 0 saturated carbocycles. The molecule has 0 spiro atoms. The van der Waals surface area contributed by atoms with Gasteiger partial charge in [-0.1, -0.05) is 15.9 Å². The fraction of sp³-hybridized carbons (Fsp3) is 0.273. The fourth-order valence-corrected chi connectivity index (χ4v) is 3.11. The number of rotatable bonds is 2. The molecule has 1 heterocycles. The first-order valence-corrected chi connectivity index (χ1v) is 6.58. The molecule has 1 saturated heterocycles. The Labute approximate surface area is 115 Å². The Bertz CT molecular complexity index is 490. The Hall–Kier alpha value is -0.880. The summed E-state index contributed by atoms with van der Waals surface area (Å²) in [6.45, 7) is 0.441. The molecule has 1 aliphatic rings. The number of carboxylic acid groups (broad SMARTS) is 1. The molecule has 4 nitrogen and oxygen atoms in total. The number of nitrogens with zero attached hydrogens (tertiary/aromatic N) is 1. The van der Waals surface area contributed by atoms with Crippen molar-refractivity contribution in [1.29, 1.82) is 0 Å². The van der Waals surface area contributed by atoms with E-state index >= 15 is 0 Å². The van der Waals surface area contributed by atoms with E-state index in [1.807, 2.05) is 12.1 Å². The lowest BCUT2D eigenvalue weighted by Crippen LogP contribution is -2.30. The summed E-state index contributed by atoms with van der Waals surface area (Å²) in [6.07, 6.45) is 0.358. The van der Waals surface area contributed by atoms with Crippen LogP contribution < -0.4 is 4.90 Å². The van der Waals surface area contributed by atoms with Crippen molar-refractivity contribution in [2.45, 2.75) is 6.42 Å². The van der Waals surface area contributed by atoms with Crippen molar-refractivity contribution < 1.29 is 14.7 Å². The number of carboxylic acids is 1. The summed E-state index contributed by atoms with van der Waals surface area (Å²) in [5.74, 6) is -2.31. The van der Waals surface area contributed by atoms with Crippen molar-refractivity contribution in [1.82, 2.24) is 0 Å². The maximum Gasteiger partial charge on any atom is 0.316 e. The SMILES string of the molecule is O=C(O)C1CCN(c2ccc(Br)cc2Br)C1=O. The molecule has 1 aromatic rings. The highest BCUT2D eigenvalue weighted by Gasteiger charge is 2.38. The number of carbonyl (C=O) groups excluding carboxylic acids is 1. The molecule has 1 aromatic carbocycles. The minimum atomic E-state index is -1.05. The molecule has 1 atom stereocenters. The Morgan fingerprint density at radius 2 is 2.12 bits per heavy atom. The molecule has 0 bridgehead atoms. The number of carbonyl (C=O) groups is 2. The number of hydrogen-bond donors (Lipinski definition) is 1. The molecule has 0 aliphatic carbocycles. The van der Waals surface area contributed by atoms with Crippen molar-refractivity contribution in [3.8, 4) is 0 Å². The molecule has 1 fully saturated rings. The molecule has 17 heavy (non-hydrogen) atoms. The number of aliphatic carboxylic acids is 1. The smallest absolute Gasteiger partial charge is 0.316 e. The number of benzene rings is 1. The van der Waals surface area contributed by atoms with Crippen molar-refractivity contribution in [3.63, 3.8) is 0 Å². The number of amides is 1. The zero-order chi connectivity index (χ0) is 12.6. The molecular weight excluding hydrogens is 354 g/mol. The molecule has 6 heteroatoms. The highest BCUT2D eigenvalue weighted by Crippen LogP contribution is 2.33. The van der Waals surface area contributed by atoms with Crippen molar-refractivity contribution in [3.05, 3.63) is 27.1 Å². The topological polar surface area (TPSA) is 57.6 Å². The minimum absolute atomic E-state index is 0.347. The van der Waals surface area contributed by atoms with Gasteiger partial charge in [0.25, 0.3) is 0 Å². The molecule has 1 N–H and O–H groups in total. The van der Waals surface area contributed by atoms with Gasteiger partial charge in [0.1, 0.15) is 5.92 Å². The van der Waals surface area contributed by atoms with E-state index in [2.05, 4.69) is 31.9 Å². The van der Waals surface area contributed by atoms with E-state index in [0.29, 0.717) is 18.7 Å². The van der Waals surface area contributed by atoms with Crippen LogP contribution in [0.25, 0.3) is 0 Å². The van der Waals surface area contributed by atoms with Gasteiger partial charge in [0.2, 0.25) is 5.91 Å². The summed E-state index contributed by atoms with van der Waals surface area (Å²) in [5, 5.41) is 8.90. The predicted molar refractivity (Wildman–Crippen MR) is 69.9 cm³/mol. The third-order valence-electron chi connectivity index (χ3n) is 2.70. The predicted octanol–water partition coefficient (Wildman–Crippen LogP) is 2.65. The Balaban J connectivity index is 2.30. The highest BCUT2D eigenvalue weighted by atomic mass is 79.9. The second kappa shape index (κ2) is 4.78. The molecule has 1 unspecified atom stereocenters. The van der Waals surface area contributed by atoms with Crippen LogP contribution in [0.1, 0.15) is 6.42 Å². The minimum Gasteiger partial charge on any atom is -0.481 e. The molecule has 0 aromatic heterocycles. The van der Waals surface area contributed by atoms with Crippen LogP contribution in [0.2, 0.25) is 0 Å². The number of anilines is 1. The van der Waals surface area contributed by atoms with Crippen LogP contribution in [0.4, 0.5) is 5.69 Å². The van der Waals surface area contributed by atoms with E-state index in [9.17, 15) is 9.59 Å². The normalized spacial score (nSPS) is 19.8. The Morgan fingerprint density at radius 1 is 1.41 bits per heavy atom. The lowest BCUT2D eigenvalue weighted by molar-refractivity contribution is -0.144. The monoisotopic (exact) mass is 361 g/mol. The molecule has 1 amide bonds. The van der Waals surface area contributed by atoms with Crippen LogP contribution in [0, 0.1) is 5.92 Å². The molecule has 90 valence electrons. The average molecular weight is 363 g/mol. The van der Waals surface area contributed by atoms with Crippen molar-refractivity contribution in [2.24, 2.45) is 5.92 Å². The Morgan fingerprint density at radius 3 is 2.65 bits per heavy atom. The van der Waals surface area contributed by atoms with Crippen LogP contribution in [-0.2, 0) is 9.59 Å². The van der Waals surface area contributed by atoms with Crippen molar-refractivity contribution in [2.75, 3.05) is 11.4 Å². The van der Waals surface area contributed by atoms with Gasteiger partial charge in [-0.25, -0.2) is 0 Å². The van der Waals surface area contributed by atoms with E-state index in [0.717, 1.165) is 8.95 Å². The van der Waals surface area contributed by atoms with E-state index in [1.165, 1.54) is 4.90 Å². The zero-order valence-electron chi connectivity index (χ0n) is 8.69. The van der Waals surface area contributed by atoms with Gasteiger partial charge in [-0.2, -0.15) is 0 Å². The van der Waals surface area contributed by atoms with Gasteiger partial charge < -0.3 is 10.0 Å². The Kier molecular flexibility index (Phi) is 3.53. The third-order valence-corrected chi connectivity index (χ3v) is 3.83. The highest BCUT2D eigenvalue weighted by molar-refractivity contribution is 9.11. The zero-order valence-corrected chi connectivity index (χ0v) is 11.9. The first kappa shape index (κ1) is 12.6. The van der Waals surface area contributed by atoms with Crippen LogP contribution in [0.5, 0.6) is 0 Å². The van der Waals surface area contributed by atoms with E-state index in [-0.39, 0.29) is 5.91 Å². The van der Waals surface area contributed by atoms with Gasteiger partial charge in [-0.3, -0.25) is 9.59 Å². The second-order valence-electron chi connectivity index (χ2n) is 3.77. The lowest BCUT2D eigenvalue weighted by Gasteiger charge is -2.18. The summed E-state index contributed by atoms with van der Waals surface area (Å²) >= 11 is 6.70. The van der Waals surface area contributed by atoms with Crippen molar-refractivity contribution >= 4 is 49.4 Å². The van der Waals surface area contributed by atoms with Gasteiger partial charge in [0.15, 0.2) is 0 Å².